The molecule has 0 aliphatic carbocycles. The summed E-state index contributed by atoms with van der Waals surface area (Å²) in [4.78, 5) is 25.0. The number of halogens is 1. The Morgan fingerprint density at radius 3 is 2.52 bits per heavy atom. The first-order chi connectivity index (χ1) is 14.7. The summed E-state index contributed by atoms with van der Waals surface area (Å²) in [6.07, 6.45) is 1.64. The Kier molecular flexibility index (Phi) is 5.16. The van der Waals surface area contributed by atoms with Crippen LogP contribution in [0.2, 0.25) is 0 Å². The number of aromatic hydroxyl groups is 1. The molecule has 2 heterocycles. The predicted molar refractivity (Wildman–Crippen MR) is 119 cm³/mol. The largest absolute Gasteiger partial charge is 0.508 e. The van der Waals surface area contributed by atoms with E-state index in [0.717, 1.165) is 10.9 Å². The van der Waals surface area contributed by atoms with Crippen LogP contribution in [0.1, 0.15) is 11.1 Å². The molecule has 4 aromatic rings. The van der Waals surface area contributed by atoms with Crippen LogP contribution in [0.5, 0.6) is 5.75 Å². The average molecular weight is 419 g/mol. The number of rotatable bonds is 4. The van der Waals surface area contributed by atoms with Gasteiger partial charge in [0.15, 0.2) is 5.82 Å². The Morgan fingerprint density at radius 1 is 1.06 bits per heavy atom. The molecule has 0 spiro atoms. The Labute approximate surface area is 178 Å². The lowest BCUT2D eigenvalue weighted by atomic mass is 10.0. The van der Waals surface area contributed by atoms with Crippen molar-refractivity contribution >= 4 is 16.6 Å². The van der Waals surface area contributed by atoms with E-state index in [9.17, 15) is 14.3 Å². The maximum absolute atomic E-state index is 14.7. The molecule has 4 N–H and O–H groups in total. The number of benzene rings is 2. The van der Waals surface area contributed by atoms with Crippen molar-refractivity contribution in [2.45, 2.75) is 13.5 Å². The second kappa shape index (κ2) is 7.81. The number of fused-ring (bicyclic) bond motifs is 1. The van der Waals surface area contributed by atoms with Crippen LogP contribution in [0.4, 0.5) is 10.2 Å². The first-order valence-corrected chi connectivity index (χ1v) is 9.67. The van der Waals surface area contributed by atoms with E-state index in [1.807, 2.05) is 25.9 Å². The fraction of sp³-hybridized carbons (Fsp3) is 0.174. The third kappa shape index (κ3) is 3.85. The third-order valence-electron chi connectivity index (χ3n) is 5.10. The number of aryl methyl sites for hydroxylation is 1. The smallest absolute Gasteiger partial charge is 0.255 e. The highest BCUT2D eigenvalue weighted by atomic mass is 19.1. The summed E-state index contributed by atoms with van der Waals surface area (Å²) in [6, 6.07) is 10.00. The van der Waals surface area contributed by atoms with Gasteiger partial charge in [-0.1, -0.05) is 6.07 Å². The maximum atomic E-state index is 14.7. The van der Waals surface area contributed by atoms with Gasteiger partial charge in [0, 0.05) is 34.8 Å². The van der Waals surface area contributed by atoms with Gasteiger partial charge < -0.3 is 20.7 Å². The number of H-pyrrole nitrogens is 1. The molecule has 158 valence electrons. The van der Waals surface area contributed by atoms with Crippen molar-refractivity contribution in [3.8, 4) is 28.3 Å². The number of pyridine rings is 1. The van der Waals surface area contributed by atoms with Crippen molar-refractivity contribution < 1.29 is 9.50 Å². The molecule has 2 aromatic carbocycles. The number of phenols is 1. The first kappa shape index (κ1) is 20.5. The average Bonchev–Trinajstić information content (AvgIpc) is 2.72. The number of anilines is 1. The highest BCUT2D eigenvalue weighted by molar-refractivity contribution is 5.90. The summed E-state index contributed by atoms with van der Waals surface area (Å²) in [7, 11) is 3.75. The van der Waals surface area contributed by atoms with E-state index in [1.54, 1.807) is 36.5 Å². The topological polar surface area (TPSA) is 108 Å². The minimum atomic E-state index is -0.795. The summed E-state index contributed by atoms with van der Waals surface area (Å²) in [6.45, 7) is 2.37. The van der Waals surface area contributed by atoms with E-state index in [4.69, 9.17) is 5.73 Å². The fourth-order valence-electron chi connectivity index (χ4n) is 3.57. The van der Waals surface area contributed by atoms with E-state index in [2.05, 4.69) is 15.0 Å². The monoisotopic (exact) mass is 419 g/mol. The van der Waals surface area contributed by atoms with Gasteiger partial charge in [-0.3, -0.25) is 4.79 Å². The standard InChI is InChI=1S/C23H22FN5O2/c1-12-10-26-23(31)16-6-4-14(9-17(12)16)20-22(25)28-21(24)19(27-20)13-5-7-18(30)15(8-13)11-29(2)3/h4-10,30H,11H2,1-3H3,(H2,25,28)(H,26,31). The van der Waals surface area contributed by atoms with Crippen LogP contribution in [0.25, 0.3) is 33.3 Å². The SMILES string of the molecule is Cc1c[nH]c(=O)c2ccc(-c3nc(-c4ccc(O)c(CN(C)C)c4)c(F)nc3N)cc12. The summed E-state index contributed by atoms with van der Waals surface area (Å²) >= 11 is 0. The number of nitrogen functional groups attached to an aromatic ring is 1. The Morgan fingerprint density at radius 2 is 1.77 bits per heavy atom. The van der Waals surface area contributed by atoms with E-state index in [0.29, 0.717) is 34.3 Å². The highest BCUT2D eigenvalue weighted by Crippen LogP contribution is 2.32. The van der Waals surface area contributed by atoms with Gasteiger partial charge >= 0.3 is 0 Å². The van der Waals surface area contributed by atoms with Crippen molar-refractivity contribution in [2.24, 2.45) is 0 Å². The number of phenolic OH excluding ortho intramolecular Hbond substituents is 1. The van der Waals surface area contributed by atoms with Crippen molar-refractivity contribution in [2.75, 3.05) is 19.8 Å². The molecular formula is C23H22FN5O2. The quantitative estimate of drug-likeness (QED) is 0.468. The van der Waals surface area contributed by atoms with Crippen LogP contribution >= 0.6 is 0 Å². The molecule has 4 rings (SSSR count). The predicted octanol–water partition coefficient (Wildman–Crippen LogP) is 3.45. The second-order valence-corrected chi connectivity index (χ2v) is 7.74. The molecule has 0 radical (unpaired) electrons. The van der Waals surface area contributed by atoms with E-state index >= 15 is 0 Å². The van der Waals surface area contributed by atoms with Gasteiger partial charge in [0.05, 0.1) is 0 Å². The van der Waals surface area contributed by atoms with Gasteiger partial charge in [-0.25, -0.2) is 4.98 Å². The molecule has 7 nitrogen and oxygen atoms in total. The van der Waals surface area contributed by atoms with Gasteiger partial charge in [-0.2, -0.15) is 9.37 Å². The first-order valence-electron chi connectivity index (χ1n) is 9.67. The molecule has 0 amide bonds. The number of nitrogens with two attached hydrogens (primary N) is 1. The highest BCUT2D eigenvalue weighted by Gasteiger charge is 2.17. The van der Waals surface area contributed by atoms with Crippen LogP contribution in [0.15, 0.2) is 47.4 Å². The number of hydrogen-bond donors (Lipinski definition) is 3. The molecule has 0 unspecified atom stereocenters. The molecule has 0 aliphatic heterocycles. The zero-order chi connectivity index (χ0) is 22.3. The minimum Gasteiger partial charge on any atom is -0.508 e. The lowest BCUT2D eigenvalue weighted by Crippen LogP contribution is -2.11. The molecular weight excluding hydrogens is 397 g/mol. The third-order valence-corrected chi connectivity index (χ3v) is 5.10. The number of nitrogens with one attached hydrogen (secondary N) is 1. The van der Waals surface area contributed by atoms with Crippen molar-refractivity contribution in [1.82, 2.24) is 19.9 Å². The van der Waals surface area contributed by atoms with E-state index in [-0.39, 0.29) is 22.8 Å². The van der Waals surface area contributed by atoms with Crippen LogP contribution in [-0.2, 0) is 6.54 Å². The summed E-state index contributed by atoms with van der Waals surface area (Å²) in [5.41, 5.74) is 8.80. The van der Waals surface area contributed by atoms with Gasteiger partial charge in [-0.15, -0.1) is 0 Å². The van der Waals surface area contributed by atoms with Gasteiger partial charge in [0.2, 0.25) is 5.95 Å². The molecule has 31 heavy (non-hydrogen) atoms. The van der Waals surface area contributed by atoms with E-state index < -0.39 is 5.95 Å². The molecule has 0 atom stereocenters. The number of hydrogen-bond acceptors (Lipinski definition) is 6. The molecule has 2 aromatic heterocycles. The van der Waals surface area contributed by atoms with Crippen molar-refractivity contribution in [3.63, 3.8) is 0 Å². The molecule has 0 saturated carbocycles. The van der Waals surface area contributed by atoms with Gasteiger partial charge in [0.25, 0.3) is 5.56 Å². The zero-order valence-electron chi connectivity index (χ0n) is 17.4. The molecule has 0 aliphatic rings. The number of aromatic amines is 1. The summed E-state index contributed by atoms with van der Waals surface area (Å²) < 4.78 is 14.7. The maximum Gasteiger partial charge on any atom is 0.255 e. The minimum absolute atomic E-state index is 0.0342. The normalized spacial score (nSPS) is 11.4. The number of nitrogens with zero attached hydrogens (tertiary/aromatic N) is 3. The van der Waals surface area contributed by atoms with Crippen LogP contribution < -0.4 is 11.3 Å². The molecule has 0 saturated heterocycles. The zero-order valence-corrected chi connectivity index (χ0v) is 17.4. The molecule has 0 bridgehead atoms. The Hall–Kier alpha value is -3.78. The van der Waals surface area contributed by atoms with E-state index in [1.165, 1.54) is 6.07 Å². The summed E-state index contributed by atoms with van der Waals surface area (Å²) in [5.74, 6) is -0.719. The van der Waals surface area contributed by atoms with Crippen LogP contribution in [0.3, 0.4) is 0 Å². The summed E-state index contributed by atoms with van der Waals surface area (Å²) in [5, 5.41) is 11.4. The van der Waals surface area contributed by atoms with Gasteiger partial charge in [0.1, 0.15) is 17.1 Å². The fourth-order valence-corrected chi connectivity index (χ4v) is 3.57. The second-order valence-electron chi connectivity index (χ2n) is 7.74. The van der Waals surface area contributed by atoms with Crippen LogP contribution in [-0.4, -0.2) is 39.1 Å². The lowest BCUT2D eigenvalue weighted by Gasteiger charge is -2.14. The molecule has 8 heteroatoms. The van der Waals surface area contributed by atoms with Gasteiger partial charge in [-0.05, 0) is 62.3 Å². The Bertz CT molecular complexity index is 1360. The lowest BCUT2D eigenvalue weighted by molar-refractivity contribution is 0.386. The van der Waals surface area contributed by atoms with Crippen LogP contribution in [0, 0.1) is 12.9 Å². The van der Waals surface area contributed by atoms with Crippen molar-refractivity contribution in [3.05, 3.63) is 70.0 Å². The number of aromatic nitrogens is 3. The van der Waals surface area contributed by atoms with Crippen molar-refractivity contribution in [1.29, 1.82) is 0 Å². The Balaban J connectivity index is 1.87. The molecule has 0 fully saturated rings.